The maximum atomic E-state index is 8.66. The molecule has 3 aromatic heterocycles. The minimum atomic E-state index is -1.55. The molecule has 0 N–H and O–H groups in total. The molecule has 3 heteroatoms. The molecule has 0 spiro atoms. The Morgan fingerprint density at radius 2 is 1.93 bits per heavy atom. The van der Waals surface area contributed by atoms with Gasteiger partial charge >= 0.3 is 0 Å². The minimum absolute atomic E-state index is 0.530. The van der Waals surface area contributed by atoms with Gasteiger partial charge < -0.3 is 4.42 Å². The number of furan rings is 1. The summed E-state index contributed by atoms with van der Waals surface area (Å²) in [4.78, 5) is 4.67. The molecule has 4 rings (SSSR count). The first kappa shape index (κ1) is 15.3. The number of rotatable bonds is 4. The summed E-state index contributed by atoms with van der Waals surface area (Å²) in [6, 6.07) is 10.2. The first-order valence-electron chi connectivity index (χ1n) is 11.3. The number of pyridine rings is 2. The summed E-state index contributed by atoms with van der Waals surface area (Å²) in [5.41, 5.74) is 6.49. The van der Waals surface area contributed by atoms with Crippen molar-refractivity contribution in [2.45, 2.75) is 53.3 Å². The standard InChI is InChI=1S/C25H29N2O/c1-7-17-14-27(6)22(13-21(17)15(3)4)23-16(5)9-11-19-20-12-10-18(8-2)26-25(20)28-24(19)23/h9-15H,7-8H2,1-6H3/q+1/i7D2,15D. The lowest BCUT2D eigenvalue weighted by atomic mass is 9.93. The molecule has 0 saturated heterocycles. The zero-order chi connectivity index (χ0) is 22.7. The molecule has 28 heavy (non-hydrogen) atoms. The van der Waals surface area contributed by atoms with E-state index in [-0.39, 0.29) is 0 Å². The first-order valence-corrected chi connectivity index (χ1v) is 9.78. The second-order valence-corrected chi connectivity index (χ2v) is 7.59. The molecule has 0 saturated carbocycles. The van der Waals surface area contributed by atoms with Crippen molar-refractivity contribution in [1.29, 1.82) is 0 Å². The Labute approximate surface area is 171 Å². The van der Waals surface area contributed by atoms with Crippen molar-refractivity contribution < 1.29 is 13.1 Å². The maximum Gasteiger partial charge on any atom is 0.227 e. The second-order valence-electron chi connectivity index (χ2n) is 7.59. The smallest absolute Gasteiger partial charge is 0.227 e. The van der Waals surface area contributed by atoms with Gasteiger partial charge in [0.15, 0.2) is 11.8 Å². The van der Waals surface area contributed by atoms with Crippen molar-refractivity contribution in [3.63, 3.8) is 0 Å². The summed E-state index contributed by atoms with van der Waals surface area (Å²) >= 11 is 0. The molecule has 0 atom stereocenters. The summed E-state index contributed by atoms with van der Waals surface area (Å²) in [6.07, 6.45) is 1.11. The van der Waals surface area contributed by atoms with Crippen molar-refractivity contribution in [3.05, 3.63) is 58.9 Å². The van der Waals surface area contributed by atoms with Crippen LogP contribution in [0.25, 0.3) is 33.3 Å². The highest BCUT2D eigenvalue weighted by atomic mass is 16.3. The van der Waals surface area contributed by atoms with E-state index < -0.39 is 12.3 Å². The van der Waals surface area contributed by atoms with E-state index in [0.717, 1.165) is 45.3 Å². The molecule has 0 radical (unpaired) electrons. The van der Waals surface area contributed by atoms with Gasteiger partial charge in [-0.15, -0.1) is 0 Å². The van der Waals surface area contributed by atoms with Gasteiger partial charge in [0, 0.05) is 32.2 Å². The Balaban J connectivity index is 2.08. The molecule has 0 aliphatic rings. The SMILES string of the molecule is [2H]C([2H])(C)c1c[n+](C)c(-c2c(C)ccc3c2oc2nc(CC)ccc23)cc1C([2H])(C)C. The number of nitrogens with zero attached hydrogens (tertiary/aromatic N) is 2. The molecule has 0 aliphatic heterocycles. The van der Waals surface area contributed by atoms with Crippen LogP contribution in [0.3, 0.4) is 0 Å². The van der Waals surface area contributed by atoms with Crippen LogP contribution in [0.2, 0.25) is 0 Å². The van der Waals surface area contributed by atoms with Crippen molar-refractivity contribution in [3.8, 4) is 11.3 Å². The molecular formula is C25H29N2O+. The van der Waals surface area contributed by atoms with Crippen LogP contribution in [-0.4, -0.2) is 4.98 Å². The van der Waals surface area contributed by atoms with Crippen molar-refractivity contribution in [2.24, 2.45) is 7.05 Å². The van der Waals surface area contributed by atoms with Gasteiger partial charge in [0.1, 0.15) is 7.05 Å². The Morgan fingerprint density at radius 1 is 1.18 bits per heavy atom. The van der Waals surface area contributed by atoms with Gasteiger partial charge in [-0.3, -0.25) is 0 Å². The molecule has 0 bridgehead atoms. The van der Waals surface area contributed by atoms with Crippen molar-refractivity contribution in [1.82, 2.24) is 4.98 Å². The van der Waals surface area contributed by atoms with E-state index in [1.54, 1.807) is 20.8 Å². The summed E-state index contributed by atoms with van der Waals surface area (Å²) in [6.45, 7) is 9.26. The van der Waals surface area contributed by atoms with Gasteiger partial charge in [0.05, 0.1) is 5.56 Å². The molecule has 4 aromatic rings. The van der Waals surface area contributed by atoms with Crippen LogP contribution in [0.1, 0.15) is 60.1 Å². The van der Waals surface area contributed by atoms with Crippen molar-refractivity contribution in [2.75, 3.05) is 0 Å². The molecule has 3 nitrogen and oxygen atoms in total. The number of fused-ring (bicyclic) bond motifs is 3. The topological polar surface area (TPSA) is 29.9 Å². The predicted octanol–water partition coefficient (Wildman–Crippen LogP) is 6.03. The predicted molar refractivity (Wildman–Crippen MR) is 116 cm³/mol. The average Bonchev–Trinajstić information content (AvgIpc) is 3.04. The molecule has 3 heterocycles. The van der Waals surface area contributed by atoms with Crippen LogP contribution in [-0.2, 0) is 19.8 Å². The fraction of sp³-hybridized carbons (Fsp3) is 0.360. The first-order chi connectivity index (χ1) is 14.4. The number of aryl methyl sites for hydroxylation is 4. The number of hydrogen-bond donors (Lipinski definition) is 0. The van der Waals surface area contributed by atoms with Gasteiger partial charge in [-0.2, -0.15) is 0 Å². The fourth-order valence-corrected chi connectivity index (χ4v) is 3.88. The van der Waals surface area contributed by atoms with E-state index in [1.807, 2.05) is 36.9 Å². The highest BCUT2D eigenvalue weighted by Crippen LogP contribution is 2.37. The van der Waals surface area contributed by atoms with Crippen LogP contribution in [0.5, 0.6) is 0 Å². The molecule has 0 amide bonds. The fourth-order valence-electron chi connectivity index (χ4n) is 3.88. The molecule has 1 aromatic carbocycles. The highest BCUT2D eigenvalue weighted by Gasteiger charge is 2.23. The Bertz CT molecular complexity index is 1310. The zero-order valence-corrected chi connectivity index (χ0v) is 17.5. The van der Waals surface area contributed by atoms with Gasteiger partial charge in [-0.25, -0.2) is 9.55 Å². The van der Waals surface area contributed by atoms with E-state index in [4.69, 9.17) is 8.53 Å². The largest absolute Gasteiger partial charge is 0.437 e. The van der Waals surface area contributed by atoms with E-state index >= 15 is 0 Å². The molecule has 0 fully saturated rings. The van der Waals surface area contributed by atoms with Gasteiger partial charge in [0.2, 0.25) is 11.4 Å². The zero-order valence-electron chi connectivity index (χ0n) is 20.5. The van der Waals surface area contributed by atoms with E-state index in [2.05, 4.69) is 30.1 Å². The van der Waals surface area contributed by atoms with E-state index in [9.17, 15) is 0 Å². The Morgan fingerprint density at radius 3 is 2.61 bits per heavy atom. The lowest BCUT2D eigenvalue weighted by Gasteiger charge is -2.13. The second kappa shape index (κ2) is 7.05. The van der Waals surface area contributed by atoms with Crippen molar-refractivity contribution >= 4 is 22.1 Å². The van der Waals surface area contributed by atoms with Crippen LogP contribution in [0.4, 0.5) is 0 Å². The lowest BCUT2D eigenvalue weighted by Crippen LogP contribution is -2.32. The maximum absolute atomic E-state index is 8.66. The third-order valence-corrected chi connectivity index (χ3v) is 5.47. The number of benzene rings is 1. The average molecular weight is 377 g/mol. The van der Waals surface area contributed by atoms with E-state index in [1.165, 1.54) is 0 Å². The van der Waals surface area contributed by atoms with Gasteiger partial charge in [-0.05, 0) is 48.9 Å². The number of hydrogen-bond acceptors (Lipinski definition) is 2. The minimum Gasteiger partial charge on any atom is -0.437 e. The Kier molecular flexibility index (Phi) is 3.84. The Hall–Kier alpha value is -2.68. The van der Waals surface area contributed by atoms with Crippen LogP contribution in [0.15, 0.2) is 40.9 Å². The normalized spacial score (nSPS) is 14.3. The third-order valence-electron chi connectivity index (χ3n) is 5.47. The summed E-state index contributed by atoms with van der Waals surface area (Å²) in [5, 5.41) is 1.99. The lowest BCUT2D eigenvalue weighted by molar-refractivity contribution is -0.660. The number of aromatic nitrogens is 2. The van der Waals surface area contributed by atoms with E-state index in [0.29, 0.717) is 16.8 Å². The third kappa shape index (κ3) is 2.90. The highest BCUT2D eigenvalue weighted by molar-refractivity contribution is 6.08. The molecule has 144 valence electrons. The molecular weight excluding hydrogens is 344 g/mol. The summed E-state index contributed by atoms with van der Waals surface area (Å²) in [5.74, 6) is -0.949. The monoisotopic (exact) mass is 376 g/mol. The van der Waals surface area contributed by atoms with Gasteiger partial charge in [0.25, 0.3) is 0 Å². The summed E-state index contributed by atoms with van der Waals surface area (Å²) < 4.78 is 33.5. The quantitative estimate of drug-likeness (QED) is 0.407. The van der Waals surface area contributed by atoms with Crippen LogP contribution >= 0.6 is 0 Å². The van der Waals surface area contributed by atoms with Crippen LogP contribution < -0.4 is 4.57 Å². The molecule has 0 unspecified atom stereocenters. The summed E-state index contributed by atoms with van der Waals surface area (Å²) in [7, 11) is 1.92. The van der Waals surface area contributed by atoms with Gasteiger partial charge in [-0.1, -0.05) is 39.8 Å². The molecule has 0 aliphatic carbocycles. The van der Waals surface area contributed by atoms with Crippen LogP contribution in [0, 0.1) is 6.92 Å².